The second kappa shape index (κ2) is 5.27. The van der Waals surface area contributed by atoms with Gasteiger partial charge < -0.3 is 5.73 Å². The van der Waals surface area contributed by atoms with Crippen molar-refractivity contribution in [3.63, 3.8) is 0 Å². The monoisotopic (exact) mass is 291 g/mol. The Hall–Kier alpha value is -1.42. The minimum Gasteiger partial charge on any atom is -0.382 e. The predicted molar refractivity (Wildman–Crippen MR) is 75.3 cm³/mol. The number of hydrogen-bond donors (Lipinski definition) is 1. The molecule has 0 saturated carbocycles. The molecule has 1 aromatic heterocycles. The zero-order valence-corrected chi connectivity index (χ0v) is 11.2. The Morgan fingerprint density at radius 2 is 2.18 bits per heavy atom. The van der Waals surface area contributed by atoms with Crippen molar-refractivity contribution < 1.29 is 0 Å². The largest absolute Gasteiger partial charge is 0.382 e. The van der Waals surface area contributed by atoms with Gasteiger partial charge in [-0.15, -0.1) is 0 Å². The van der Waals surface area contributed by atoms with Crippen molar-refractivity contribution in [3.8, 4) is 0 Å². The summed E-state index contributed by atoms with van der Waals surface area (Å²) < 4.78 is 0.883. The van der Waals surface area contributed by atoms with Crippen LogP contribution in [0, 0.1) is 0 Å². The number of nitrogens with two attached hydrogens (primary N) is 1. The van der Waals surface area contributed by atoms with E-state index in [4.69, 9.17) is 5.73 Å². The van der Waals surface area contributed by atoms with E-state index in [0.717, 1.165) is 34.0 Å². The Kier molecular flexibility index (Phi) is 3.74. The quantitative estimate of drug-likeness (QED) is 0.698. The molecule has 0 aliphatic heterocycles. The maximum Gasteiger partial charge on any atom is 0.145 e. The topological polar surface area (TPSA) is 51.3 Å². The van der Waals surface area contributed by atoms with Crippen LogP contribution in [0.3, 0.4) is 0 Å². The highest BCUT2D eigenvalue weighted by atomic mass is 79.9. The summed E-state index contributed by atoms with van der Waals surface area (Å²) in [7, 11) is 0. The molecule has 1 heterocycles. The van der Waals surface area contributed by atoms with Crippen molar-refractivity contribution in [1.29, 1.82) is 0 Å². The van der Waals surface area contributed by atoms with Gasteiger partial charge in [0.15, 0.2) is 0 Å². The first-order valence-corrected chi connectivity index (χ1v) is 6.37. The van der Waals surface area contributed by atoms with Crippen LogP contribution < -0.4 is 5.73 Å². The van der Waals surface area contributed by atoms with Crippen LogP contribution in [-0.4, -0.2) is 17.4 Å². The molecule has 0 radical (unpaired) electrons. The maximum atomic E-state index is 5.93. The smallest absolute Gasteiger partial charge is 0.145 e. The van der Waals surface area contributed by atoms with Crippen molar-refractivity contribution in [3.05, 3.63) is 40.5 Å². The number of halogens is 1. The van der Waals surface area contributed by atoms with E-state index in [1.54, 1.807) is 0 Å². The van der Waals surface area contributed by atoms with Gasteiger partial charge in [0.25, 0.3) is 0 Å². The highest BCUT2D eigenvalue weighted by Gasteiger charge is 2.07. The third-order valence-corrected chi connectivity index (χ3v) is 3.03. The summed E-state index contributed by atoms with van der Waals surface area (Å²) in [5.74, 6) is 0.490. The number of aromatic nitrogens is 1. The van der Waals surface area contributed by atoms with Gasteiger partial charge in [0.2, 0.25) is 0 Å². The lowest BCUT2D eigenvalue weighted by molar-refractivity contribution is 0.929. The third kappa shape index (κ3) is 2.64. The number of pyridine rings is 1. The van der Waals surface area contributed by atoms with E-state index in [0.29, 0.717) is 5.84 Å². The van der Waals surface area contributed by atoms with E-state index in [1.807, 2.05) is 30.3 Å². The standard InChI is InChI=1S/C13H14BrN3/c1-2-7-16-13(15)12-10(14)8-9-5-3-4-6-11(9)17-12/h3-6,8H,2,7H2,1H3,(H2,15,16). The van der Waals surface area contributed by atoms with Gasteiger partial charge in [-0.05, 0) is 34.5 Å². The molecule has 88 valence electrons. The first kappa shape index (κ1) is 12.0. The van der Waals surface area contributed by atoms with Crippen LogP contribution >= 0.6 is 15.9 Å². The molecule has 17 heavy (non-hydrogen) atoms. The van der Waals surface area contributed by atoms with Gasteiger partial charge in [-0.3, -0.25) is 4.99 Å². The SMILES string of the molecule is CCCN=C(N)c1nc2ccccc2cc1Br. The average Bonchev–Trinajstić information content (AvgIpc) is 2.35. The number of amidine groups is 1. The Labute approximate surface area is 109 Å². The molecular formula is C13H14BrN3. The highest BCUT2D eigenvalue weighted by molar-refractivity contribution is 9.10. The number of para-hydroxylation sites is 1. The van der Waals surface area contributed by atoms with Crippen LogP contribution in [0.4, 0.5) is 0 Å². The fraction of sp³-hybridized carbons (Fsp3) is 0.231. The number of benzene rings is 1. The Morgan fingerprint density at radius 3 is 2.94 bits per heavy atom. The molecule has 0 bridgehead atoms. The lowest BCUT2D eigenvalue weighted by Gasteiger charge is -2.05. The fourth-order valence-electron chi connectivity index (χ4n) is 1.58. The minimum atomic E-state index is 0.490. The normalized spacial score (nSPS) is 12.0. The van der Waals surface area contributed by atoms with Gasteiger partial charge >= 0.3 is 0 Å². The van der Waals surface area contributed by atoms with Gasteiger partial charge in [0.1, 0.15) is 11.5 Å². The average molecular weight is 292 g/mol. The Bertz CT molecular complexity index is 564. The van der Waals surface area contributed by atoms with E-state index in [1.165, 1.54) is 0 Å². The maximum absolute atomic E-state index is 5.93. The van der Waals surface area contributed by atoms with Gasteiger partial charge in [-0.1, -0.05) is 25.1 Å². The second-order valence-corrected chi connectivity index (χ2v) is 4.63. The summed E-state index contributed by atoms with van der Waals surface area (Å²) in [5, 5.41) is 1.09. The zero-order valence-electron chi connectivity index (χ0n) is 9.65. The van der Waals surface area contributed by atoms with Crippen LogP contribution in [0.1, 0.15) is 19.0 Å². The van der Waals surface area contributed by atoms with Crippen molar-refractivity contribution >= 4 is 32.7 Å². The van der Waals surface area contributed by atoms with E-state index >= 15 is 0 Å². The number of nitrogens with zero attached hydrogens (tertiary/aromatic N) is 2. The summed E-state index contributed by atoms with van der Waals surface area (Å²) in [6.07, 6.45) is 0.978. The number of aliphatic imine (C=N–C) groups is 1. The molecule has 0 aliphatic rings. The Morgan fingerprint density at radius 1 is 1.41 bits per heavy atom. The lowest BCUT2D eigenvalue weighted by atomic mass is 10.2. The van der Waals surface area contributed by atoms with Crippen LogP contribution in [0.15, 0.2) is 39.8 Å². The summed E-state index contributed by atoms with van der Waals surface area (Å²) in [6.45, 7) is 2.80. The number of fused-ring (bicyclic) bond motifs is 1. The van der Waals surface area contributed by atoms with Crippen LogP contribution in [0.5, 0.6) is 0 Å². The van der Waals surface area contributed by atoms with Crippen LogP contribution in [0.25, 0.3) is 10.9 Å². The fourth-order valence-corrected chi connectivity index (χ4v) is 2.12. The van der Waals surface area contributed by atoms with Crippen LogP contribution in [-0.2, 0) is 0 Å². The molecule has 0 amide bonds. The van der Waals surface area contributed by atoms with E-state index < -0.39 is 0 Å². The molecule has 0 aliphatic carbocycles. The Balaban J connectivity index is 2.50. The molecule has 4 heteroatoms. The molecular weight excluding hydrogens is 278 g/mol. The summed E-state index contributed by atoms with van der Waals surface area (Å²) in [4.78, 5) is 8.81. The molecule has 0 unspecified atom stereocenters. The third-order valence-electron chi connectivity index (χ3n) is 2.43. The molecule has 2 rings (SSSR count). The second-order valence-electron chi connectivity index (χ2n) is 3.78. The van der Waals surface area contributed by atoms with E-state index in [9.17, 15) is 0 Å². The molecule has 3 nitrogen and oxygen atoms in total. The predicted octanol–water partition coefficient (Wildman–Crippen LogP) is 3.11. The minimum absolute atomic E-state index is 0.490. The van der Waals surface area contributed by atoms with Crippen molar-refractivity contribution in [2.45, 2.75) is 13.3 Å². The summed E-state index contributed by atoms with van der Waals surface area (Å²) in [6, 6.07) is 9.97. The molecule has 2 N–H and O–H groups in total. The first-order chi connectivity index (χ1) is 8.22. The van der Waals surface area contributed by atoms with Gasteiger partial charge in [-0.2, -0.15) is 0 Å². The summed E-state index contributed by atoms with van der Waals surface area (Å²) in [5.41, 5.74) is 7.58. The highest BCUT2D eigenvalue weighted by Crippen LogP contribution is 2.21. The molecule has 0 spiro atoms. The van der Waals surface area contributed by atoms with Crippen molar-refractivity contribution in [1.82, 2.24) is 4.98 Å². The molecule has 0 saturated heterocycles. The zero-order chi connectivity index (χ0) is 12.3. The van der Waals surface area contributed by atoms with Crippen LogP contribution in [0.2, 0.25) is 0 Å². The molecule has 0 fully saturated rings. The molecule has 2 aromatic rings. The van der Waals surface area contributed by atoms with E-state index in [-0.39, 0.29) is 0 Å². The number of rotatable bonds is 3. The number of hydrogen-bond acceptors (Lipinski definition) is 2. The lowest BCUT2D eigenvalue weighted by Crippen LogP contribution is -2.16. The molecule has 0 atom stereocenters. The van der Waals surface area contributed by atoms with Gasteiger partial charge in [0, 0.05) is 16.4 Å². The van der Waals surface area contributed by atoms with Crippen molar-refractivity contribution in [2.75, 3.05) is 6.54 Å². The van der Waals surface area contributed by atoms with Gasteiger partial charge in [-0.25, -0.2) is 4.98 Å². The first-order valence-electron chi connectivity index (χ1n) is 5.58. The van der Waals surface area contributed by atoms with E-state index in [2.05, 4.69) is 32.8 Å². The summed E-state index contributed by atoms with van der Waals surface area (Å²) >= 11 is 3.49. The molecule has 1 aromatic carbocycles. The van der Waals surface area contributed by atoms with Gasteiger partial charge in [0.05, 0.1) is 5.52 Å². The van der Waals surface area contributed by atoms with Crippen molar-refractivity contribution in [2.24, 2.45) is 10.7 Å².